The molecule has 0 saturated heterocycles. The Labute approximate surface area is 118 Å². The Bertz CT molecular complexity index is 736. The van der Waals surface area contributed by atoms with Gasteiger partial charge in [0.05, 0.1) is 22.2 Å². The summed E-state index contributed by atoms with van der Waals surface area (Å²) in [4.78, 5) is 4.66. The molecule has 4 heteroatoms. The fraction of sp³-hybridized carbons (Fsp3) is 0.438. The summed E-state index contributed by atoms with van der Waals surface area (Å²) < 4.78 is 2.30. The van der Waals surface area contributed by atoms with E-state index >= 15 is 0 Å². The van der Waals surface area contributed by atoms with Gasteiger partial charge >= 0.3 is 0 Å². The van der Waals surface area contributed by atoms with Gasteiger partial charge in [0.15, 0.2) is 0 Å². The molecular formula is C16H16N4. The molecule has 1 aliphatic rings. The summed E-state index contributed by atoms with van der Waals surface area (Å²) in [5.74, 6) is 1.06. The zero-order valence-electron chi connectivity index (χ0n) is 11.6. The van der Waals surface area contributed by atoms with Gasteiger partial charge in [-0.1, -0.05) is 19.8 Å². The van der Waals surface area contributed by atoms with E-state index in [0.29, 0.717) is 17.2 Å². The third kappa shape index (κ3) is 1.85. The van der Waals surface area contributed by atoms with Crippen LogP contribution in [0.5, 0.6) is 0 Å². The molecule has 0 aliphatic heterocycles. The molecule has 0 bridgehead atoms. The SMILES string of the molecule is CCc1nc2cc(C#N)c(C#N)cc2n1C1CCCC1. The molecule has 3 rings (SSSR count). The van der Waals surface area contributed by atoms with Crippen LogP contribution in [0.1, 0.15) is 55.6 Å². The van der Waals surface area contributed by atoms with Gasteiger partial charge in [-0.15, -0.1) is 0 Å². The van der Waals surface area contributed by atoms with Crippen LogP contribution >= 0.6 is 0 Å². The first-order valence-corrected chi connectivity index (χ1v) is 7.13. The number of nitrogens with zero attached hydrogens (tertiary/aromatic N) is 4. The predicted molar refractivity (Wildman–Crippen MR) is 76.0 cm³/mol. The lowest BCUT2D eigenvalue weighted by molar-refractivity contribution is 0.513. The van der Waals surface area contributed by atoms with E-state index in [1.165, 1.54) is 25.7 Å². The van der Waals surface area contributed by atoms with Crippen LogP contribution in [-0.2, 0) is 6.42 Å². The smallest absolute Gasteiger partial charge is 0.109 e. The summed E-state index contributed by atoms with van der Waals surface area (Å²) in [6, 6.07) is 8.28. The number of fused-ring (bicyclic) bond motifs is 1. The Morgan fingerprint density at radius 2 is 1.85 bits per heavy atom. The van der Waals surface area contributed by atoms with Gasteiger partial charge in [0.1, 0.15) is 18.0 Å². The summed E-state index contributed by atoms with van der Waals surface area (Å²) in [5, 5.41) is 18.3. The molecular weight excluding hydrogens is 248 g/mol. The first-order valence-electron chi connectivity index (χ1n) is 7.13. The van der Waals surface area contributed by atoms with Crippen LogP contribution in [0, 0.1) is 22.7 Å². The fourth-order valence-electron chi connectivity index (χ4n) is 3.20. The fourth-order valence-corrected chi connectivity index (χ4v) is 3.20. The number of nitriles is 2. The summed E-state index contributed by atoms with van der Waals surface area (Å²) in [6.07, 6.45) is 5.75. The second-order valence-electron chi connectivity index (χ2n) is 5.30. The van der Waals surface area contributed by atoms with Gasteiger partial charge in [0.25, 0.3) is 0 Å². The maximum Gasteiger partial charge on any atom is 0.109 e. The third-order valence-electron chi connectivity index (χ3n) is 4.15. The molecule has 1 fully saturated rings. The van der Waals surface area contributed by atoms with E-state index in [4.69, 9.17) is 5.26 Å². The molecule has 1 aliphatic carbocycles. The third-order valence-corrected chi connectivity index (χ3v) is 4.15. The quantitative estimate of drug-likeness (QED) is 0.834. The molecule has 1 heterocycles. The highest BCUT2D eigenvalue weighted by atomic mass is 15.1. The largest absolute Gasteiger partial charge is 0.325 e. The lowest BCUT2D eigenvalue weighted by atomic mass is 10.1. The van der Waals surface area contributed by atoms with E-state index < -0.39 is 0 Å². The number of hydrogen-bond acceptors (Lipinski definition) is 3. The van der Waals surface area contributed by atoms with Gasteiger partial charge < -0.3 is 4.57 Å². The van der Waals surface area contributed by atoms with Crippen molar-refractivity contribution in [3.8, 4) is 12.1 Å². The van der Waals surface area contributed by atoms with Gasteiger partial charge in [-0.3, -0.25) is 0 Å². The zero-order chi connectivity index (χ0) is 14.1. The molecule has 0 spiro atoms. The van der Waals surface area contributed by atoms with Crippen LogP contribution in [0.4, 0.5) is 0 Å². The summed E-state index contributed by atoms with van der Waals surface area (Å²) in [5.41, 5.74) is 2.70. The lowest BCUT2D eigenvalue weighted by Crippen LogP contribution is -2.08. The minimum atomic E-state index is 0.415. The minimum absolute atomic E-state index is 0.415. The Kier molecular flexibility index (Phi) is 3.16. The average molecular weight is 264 g/mol. The Morgan fingerprint density at radius 1 is 1.20 bits per heavy atom. The van der Waals surface area contributed by atoms with Crippen molar-refractivity contribution in [1.82, 2.24) is 9.55 Å². The second-order valence-corrected chi connectivity index (χ2v) is 5.30. The molecule has 0 N–H and O–H groups in total. The number of rotatable bonds is 2. The predicted octanol–water partition coefficient (Wildman–Crippen LogP) is 3.46. The van der Waals surface area contributed by atoms with Crippen molar-refractivity contribution in [2.24, 2.45) is 0 Å². The molecule has 0 atom stereocenters. The zero-order valence-corrected chi connectivity index (χ0v) is 11.6. The van der Waals surface area contributed by atoms with Crippen LogP contribution in [0.25, 0.3) is 11.0 Å². The Morgan fingerprint density at radius 3 is 2.45 bits per heavy atom. The average Bonchev–Trinajstić information content (AvgIpc) is 3.11. The van der Waals surface area contributed by atoms with Crippen molar-refractivity contribution in [1.29, 1.82) is 10.5 Å². The standard InChI is InChI=1S/C16H16N4/c1-2-16-19-14-7-11(9-17)12(10-18)8-15(14)20(16)13-5-3-4-6-13/h7-8,13H,2-6H2,1H3. The molecule has 1 saturated carbocycles. The van der Waals surface area contributed by atoms with Crippen molar-refractivity contribution < 1.29 is 0 Å². The van der Waals surface area contributed by atoms with Crippen molar-refractivity contribution in [2.45, 2.75) is 45.1 Å². The summed E-state index contributed by atoms with van der Waals surface area (Å²) in [6.45, 7) is 2.10. The molecule has 20 heavy (non-hydrogen) atoms. The second kappa shape index (κ2) is 4.98. The maximum atomic E-state index is 9.20. The van der Waals surface area contributed by atoms with Gasteiger partial charge in [-0.25, -0.2) is 4.98 Å². The number of hydrogen-bond donors (Lipinski definition) is 0. The minimum Gasteiger partial charge on any atom is -0.325 e. The lowest BCUT2D eigenvalue weighted by Gasteiger charge is -2.15. The van der Waals surface area contributed by atoms with Crippen LogP contribution in [0.2, 0.25) is 0 Å². The molecule has 0 unspecified atom stereocenters. The highest BCUT2D eigenvalue weighted by Crippen LogP contribution is 2.34. The van der Waals surface area contributed by atoms with E-state index in [1.54, 1.807) is 6.07 Å². The molecule has 1 aromatic carbocycles. The highest BCUT2D eigenvalue weighted by molar-refractivity contribution is 5.80. The van der Waals surface area contributed by atoms with Crippen LogP contribution < -0.4 is 0 Å². The molecule has 100 valence electrons. The monoisotopic (exact) mass is 264 g/mol. The molecule has 2 aromatic rings. The number of benzene rings is 1. The van der Waals surface area contributed by atoms with Crippen molar-refractivity contribution in [3.63, 3.8) is 0 Å². The molecule has 0 radical (unpaired) electrons. The van der Waals surface area contributed by atoms with E-state index in [0.717, 1.165) is 23.3 Å². The van der Waals surface area contributed by atoms with Gasteiger partial charge in [-0.2, -0.15) is 10.5 Å². The molecule has 1 aromatic heterocycles. The highest BCUT2D eigenvalue weighted by Gasteiger charge is 2.22. The topological polar surface area (TPSA) is 65.4 Å². The maximum absolute atomic E-state index is 9.20. The van der Waals surface area contributed by atoms with Crippen LogP contribution in [-0.4, -0.2) is 9.55 Å². The molecule has 0 amide bonds. The summed E-state index contributed by atoms with van der Waals surface area (Å²) in [7, 11) is 0. The first kappa shape index (κ1) is 12.7. The van der Waals surface area contributed by atoms with Gasteiger partial charge in [0, 0.05) is 12.5 Å². The Balaban J connectivity index is 2.27. The van der Waals surface area contributed by atoms with Crippen molar-refractivity contribution >= 4 is 11.0 Å². The number of aromatic nitrogens is 2. The first-order chi connectivity index (χ1) is 9.78. The number of imidazole rings is 1. The Hall–Kier alpha value is -2.33. The summed E-state index contributed by atoms with van der Waals surface area (Å²) >= 11 is 0. The van der Waals surface area contributed by atoms with Crippen LogP contribution in [0.3, 0.4) is 0 Å². The van der Waals surface area contributed by atoms with Gasteiger partial charge in [0.2, 0.25) is 0 Å². The van der Waals surface area contributed by atoms with Crippen LogP contribution in [0.15, 0.2) is 12.1 Å². The van der Waals surface area contributed by atoms with E-state index in [-0.39, 0.29) is 0 Å². The number of aryl methyl sites for hydroxylation is 1. The molecule has 4 nitrogen and oxygen atoms in total. The normalized spacial score (nSPS) is 15.3. The van der Waals surface area contributed by atoms with E-state index in [9.17, 15) is 5.26 Å². The van der Waals surface area contributed by atoms with Crippen molar-refractivity contribution in [2.75, 3.05) is 0 Å². The van der Waals surface area contributed by atoms with E-state index in [1.807, 2.05) is 6.07 Å². The van der Waals surface area contributed by atoms with E-state index in [2.05, 4.69) is 28.6 Å². The van der Waals surface area contributed by atoms with Gasteiger partial charge in [-0.05, 0) is 25.0 Å². The van der Waals surface area contributed by atoms with Crippen molar-refractivity contribution in [3.05, 3.63) is 29.1 Å².